The van der Waals surface area contributed by atoms with Crippen molar-refractivity contribution in [3.63, 3.8) is 0 Å². The van der Waals surface area contributed by atoms with E-state index < -0.39 is 5.91 Å². The Hall–Kier alpha value is -1.88. The van der Waals surface area contributed by atoms with E-state index in [1.807, 2.05) is 18.5 Å². The fourth-order valence-corrected chi connectivity index (χ4v) is 2.56. The van der Waals surface area contributed by atoms with Crippen LogP contribution < -0.4 is 11.1 Å². The van der Waals surface area contributed by atoms with Gasteiger partial charge in [-0.3, -0.25) is 4.79 Å². The lowest BCUT2D eigenvalue weighted by Gasteiger charge is -2.24. The number of carbonyl (C=O) groups is 1. The van der Waals surface area contributed by atoms with Crippen molar-refractivity contribution < 1.29 is 4.79 Å². The van der Waals surface area contributed by atoms with Crippen molar-refractivity contribution in [2.24, 2.45) is 5.73 Å². The number of nitrogens with two attached hydrogens (primary N) is 1. The number of nitrogens with one attached hydrogen (secondary N) is 1. The molecule has 1 aromatic heterocycles. The van der Waals surface area contributed by atoms with E-state index in [0.29, 0.717) is 11.6 Å². The van der Waals surface area contributed by atoms with Gasteiger partial charge in [-0.05, 0) is 44.1 Å². The Labute approximate surface area is 105 Å². The fourth-order valence-electron chi connectivity index (χ4n) is 2.56. The molecule has 18 heavy (non-hydrogen) atoms. The van der Waals surface area contributed by atoms with Gasteiger partial charge in [0, 0.05) is 11.6 Å². The largest absolute Gasteiger partial charge is 0.366 e. The SMILES string of the molecule is NC(=O)c1ccc2ncn(C3CCNCC3)c2c1. The van der Waals surface area contributed by atoms with Crippen LogP contribution in [-0.4, -0.2) is 28.5 Å². The number of hydrogen-bond donors (Lipinski definition) is 2. The number of imidazole rings is 1. The van der Waals surface area contributed by atoms with E-state index in [0.717, 1.165) is 37.0 Å². The van der Waals surface area contributed by atoms with E-state index in [-0.39, 0.29) is 0 Å². The molecule has 0 atom stereocenters. The number of rotatable bonds is 2. The lowest BCUT2D eigenvalue weighted by Crippen LogP contribution is -2.29. The molecule has 94 valence electrons. The molecule has 1 aliphatic rings. The Morgan fingerprint density at radius 3 is 2.89 bits per heavy atom. The first-order chi connectivity index (χ1) is 8.75. The fraction of sp³-hybridized carbons (Fsp3) is 0.385. The van der Waals surface area contributed by atoms with E-state index in [2.05, 4.69) is 14.9 Å². The van der Waals surface area contributed by atoms with Gasteiger partial charge in [-0.2, -0.15) is 0 Å². The molecule has 3 rings (SSSR count). The van der Waals surface area contributed by atoms with Crippen LogP contribution in [0.3, 0.4) is 0 Å². The molecule has 0 aliphatic carbocycles. The third-order valence-electron chi connectivity index (χ3n) is 3.56. The summed E-state index contributed by atoms with van der Waals surface area (Å²) in [5.74, 6) is -0.394. The summed E-state index contributed by atoms with van der Waals surface area (Å²) in [4.78, 5) is 15.6. The summed E-state index contributed by atoms with van der Waals surface area (Å²) < 4.78 is 2.17. The molecule has 1 aliphatic heterocycles. The monoisotopic (exact) mass is 244 g/mol. The third-order valence-corrected chi connectivity index (χ3v) is 3.56. The molecule has 3 N–H and O–H groups in total. The summed E-state index contributed by atoms with van der Waals surface area (Å²) >= 11 is 0. The minimum atomic E-state index is -0.394. The molecular weight excluding hydrogens is 228 g/mol. The molecule has 2 aromatic rings. The molecule has 0 spiro atoms. The van der Waals surface area contributed by atoms with Gasteiger partial charge in [-0.25, -0.2) is 4.98 Å². The predicted molar refractivity (Wildman–Crippen MR) is 69.4 cm³/mol. The Kier molecular flexibility index (Phi) is 2.76. The topological polar surface area (TPSA) is 72.9 Å². The maximum atomic E-state index is 11.2. The molecule has 0 saturated carbocycles. The van der Waals surface area contributed by atoms with Crippen LogP contribution in [0.1, 0.15) is 29.2 Å². The quantitative estimate of drug-likeness (QED) is 0.829. The second kappa shape index (κ2) is 4.42. The molecule has 1 aromatic carbocycles. The number of hydrogen-bond acceptors (Lipinski definition) is 3. The van der Waals surface area contributed by atoms with Crippen LogP contribution >= 0.6 is 0 Å². The van der Waals surface area contributed by atoms with E-state index in [4.69, 9.17) is 5.73 Å². The highest BCUT2D eigenvalue weighted by Gasteiger charge is 2.17. The molecule has 5 heteroatoms. The van der Waals surface area contributed by atoms with Crippen molar-refractivity contribution in [1.82, 2.24) is 14.9 Å². The number of piperidine rings is 1. The van der Waals surface area contributed by atoms with E-state index in [1.165, 1.54) is 0 Å². The predicted octanol–water partition coefficient (Wildman–Crippen LogP) is 1.06. The zero-order valence-corrected chi connectivity index (χ0v) is 10.1. The van der Waals surface area contributed by atoms with Gasteiger partial charge in [-0.15, -0.1) is 0 Å². The minimum absolute atomic E-state index is 0.394. The number of benzene rings is 1. The molecule has 5 nitrogen and oxygen atoms in total. The van der Waals surface area contributed by atoms with Crippen molar-refractivity contribution in [1.29, 1.82) is 0 Å². The minimum Gasteiger partial charge on any atom is -0.366 e. The average Bonchev–Trinajstić information content (AvgIpc) is 2.82. The first-order valence-corrected chi connectivity index (χ1v) is 6.23. The summed E-state index contributed by atoms with van der Waals surface area (Å²) in [6.07, 6.45) is 4.05. The van der Waals surface area contributed by atoms with Crippen molar-refractivity contribution in [2.45, 2.75) is 18.9 Å². The van der Waals surface area contributed by atoms with Gasteiger partial charge in [-0.1, -0.05) is 0 Å². The highest BCUT2D eigenvalue weighted by Crippen LogP contribution is 2.24. The van der Waals surface area contributed by atoms with Crippen molar-refractivity contribution in [3.05, 3.63) is 30.1 Å². The number of aromatic nitrogens is 2. The highest BCUT2D eigenvalue weighted by atomic mass is 16.1. The number of fused-ring (bicyclic) bond motifs is 1. The highest BCUT2D eigenvalue weighted by molar-refractivity contribution is 5.96. The van der Waals surface area contributed by atoms with Crippen LogP contribution in [0.2, 0.25) is 0 Å². The Morgan fingerprint density at radius 2 is 2.17 bits per heavy atom. The summed E-state index contributed by atoms with van der Waals surface area (Å²) in [5.41, 5.74) is 7.78. The van der Waals surface area contributed by atoms with Gasteiger partial charge in [0.1, 0.15) is 0 Å². The Bertz CT molecular complexity index is 584. The van der Waals surface area contributed by atoms with E-state index >= 15 is 0 Å². The van der Waals surface area contributed by atoms with Crippen molar-refractivity contribution >= 4 is 16.9 Å². The molecule has 1 fully saturated rings. The molecule has 0 radical (unpaired) electrons. The molecule has 0 bridgehead atoms. The average molecular weight is 244 g/mol. The molecule has 2 heterocycles. The molecular formula is C13H16N4O. The van der Waals surface area contributed by atoms with Crippen molar-refractivity contribution in [2.75, 3.05) is 13.1 Å². The van der Waals surface area contributed by atoms with Gasteiger partial charge in [0.2, 0.25) is 5.91 Å². The third kappa shape index (κ3) is 1.86. The second-order valence-corrected chi connectivity index (χ2v) is 4.70. The van der Waals surface area contributed by atoms with Crippen LogP contribution in [-0.2, 0) is 0 Å². The van der Waals surface area contributed by atoms with Gasteiger partial charge in [0.15, 0.2) is 0 Å². The number of nitrogens with zero attached hydrogens (tertiary/aromatic N) is 2. The van der Waals surface area contributed by atoms with Gasteiger partial charge in [0.05, 0.1) is 17.4 Å². The van der Waals surface area contributed by atoms with Crippen molar-refractivity contribution in [3.8, 4) is 0 Å². The van der Waals surface area contributed by atoms with Crippen LogP contribution in [0.15, 0.2) is 24.5 Å². The number of carbonyl (C=O) groups excluding carboxylic acids is 1. The van der Waals surface area contributed by atoms with E-state index in [9.17, 15) is 4.79 Å². The molecule has 1 saturated heterocycles. The van der Waals surface area contributed by atoms with Gasteiger partial charge < -0.3 is 15.6 Å². The summed E-state index contributed by atoms with van der Waals surface area (Å²) in [5, 5.41) is 3.35. The van der Waals surface area contributed by atoms with Crippen LogP contribution in [0.4, 0.5) is 0 Å². The Morgan fingerprint density at radius 1 is 1.39 bits per heavy atom. The standard InChI is InChI=1S/C13H16N4O/c14-13(18)9-1-2-11-12(7-9)17(8-16-11)10-3-5-15-6-4-10/h1-2,7-8,10,15H,3-6H2,(H2,14,18). The first-order valence-electron chi connectivity index (χ1n) is 6.23. The first kappa shape index (κ1) is 11.2. The number of amides is 1. The lowest BCUT2D eigenvalue weighted by molar-refractivity contribution is 0.100. The van der Waals surface area contributed by atoms with Crippen LogP contribution in [0.5, 0.6) is 0 Å². The maximum absolute atomic E-state index is 11.2. The second-order valence-electron chi connectivity index (χ2n) is 4.70. The normalized spacial score (nSPS) is 17.1. The number of primary amides is 1. The smallest absolute Gasteiger partial charge is 0.248 e. The van der Waals surface area contributed by atoms with Gasteiger partial charge >= 0.3 is 0 Å². The van der Waals surface area contributed by atoms with Crippen LogP contribution in [0.25, 0.3) is 11.0 Å². The summed E-state index contributed by atoms with van der Waals surface area (Å²) in [6.45, 7) is 2.06. The summed E-state index contributed by atoms with van der Waals surface area (Å²) in [7, 11) is 0. The molecule has 1 amide bonds. The Balaban J connectivity index is 2.05. The van der Waals surface area contributed by atoms with Crippen LogP contribution in [0, 0.1) is 0 Å². The van der Waals surface area contributed by atoms with E-state index in [1.54, 1.807) is 6.07 Å². The summed E-state index contributed by atoms with van der Waals surface area (Å²) in [6, 6.07) is 5.88. The maximum Gasteiger partial charge on any atom is 0.248 e. The zero-order chi connectivity index (χ0) is 12.5. The lowest BCUT2D eigenvalue weighted by atomic mass is 10.1. The van der Waals surface area contributed by atoms with Gasteiger partial charge in [0.25, 0.3) is 0 Å². The zero-order valence-electron chi connectivity index (χ0n) is 10.1. The molecule has 0 unspecified atom stereocenters.